The number of benzene rings is 1. The fourth-order valence-electron chi connectivity index (χ4n) is 1.91. The maximum atomic E-state index is 11.6. The van der Waals surface area contributed by atoms with E-state index in [9.17, 15) is 4.79 Å². The van der Waals surface area contributed by atoms with Crippen LogP contribution in [0, 0.1) is 6.92 Å². The summed E-state index contributed by atoms with van der Waals surface area (Å²) in [6.07, 6.45) is 0.395. The first-order valence-corrected chi connectivity index (χ1v) is 5.93. The van der Waals surface area contributed by atoms with E-state index in [1.165, 1.54) is 11.1 Å². The quantitative estimate of drug-likeness (QED) is 0.735. The van der Waals surface area contributed by atoms with Crippen molar-refractivity contribution in [2.75, 3.05) is 20.7 Å². The molecule has 1 aromatic carbocycles. The summed E-state index contributed by atoms with van der Waals surface area (Å²) in [6, 6.07) is 8.23. The smallest absolute Gasteiger partial charge is 0.307 e. The van der Waals surface area contributed by atoms with Crippen LogP contribution in [-0.2, 0) is 9.53 Å². The number of hydrogen-bond donors (Lipinski definition) is 0. The number of carbonyl (C=O) groups excluding carboxylic acids is 1. The lowest BCUT2D eigenvalue weighted by atomic mass is 9.98. The van der Waals surface area contributed by atoms with E-state index in [-0.39, 0.29) is 12.0 Å². The van der Waals surface area contributed by atoms with E-state index in [4.69, 9.17) is 4.74 Å². The maximum absolute atomic E-state index is 11.6. The van der Waals surface area contributed by atoms with Crippen LogP contribution in [0.5, 0.6) is 0 Å². The van der Waals surface area contributed by atoms with Gasteiger partial charge in [0.2, 0.25) is 0 Å². The second kappa shape index (κ2) is 6.40. The Bertz CT molecular complexity index is 374. The van der Waals surface area contributed by atoms with Gasteiger partial charge in [0.1, 0.15) is 0 Å². The van der Waals surface area contributed by atoms with E-state index < -0.39 is 0 Å². The summed E-state index contributed by atoms with van der Waals surface area (Å²) in [6.45, 7) is 4.33. The predicted octanol–water partition coefficient (Wildman–Crippen LogP) is 2.55. The molecule has 1 aromatic rings. The zero-order chi connectivity index (χ0) is 12.8. The highest BCUT2D eigenvalue weighted by Crippen LogP contribution is 2.25. The molecule has 0 radical (unpaired) electrons. The number of hydrogen-bond acceptors (Lipinski definition) is 3. The number of ether oxygens (including phenoxy) is 1. The van der Waals surface area contributed by atoms with E-state index >= 15 is 0 Å². The molecule has 94 valence electrons. The lowest BCUT2D eigenvalue weighted by molar-refractivity contribution is -0.144. The van der Waals surface area contributed by atoms with Crippen LogP contribution in [0.1, 0.15) is 30.5 Å². The third kappa shape index (κ3) is 3.86. The highest BCUT2D eigenvalue weighted by Gasteiger charge is 2.20. The van der Waals surface area contributed by atoms with Crippen LogP contribution < -0.4 is 0 Å². The minimum absolute atomic E-state index is 0.0789. The highest BCUT2D eigenvalue weighted by atomic mass is 16.5. The van der Waals surface area contributed by atoms with Crippen LogP contribution in [0.4, 0.5) is 0 Å². The van der Waals surface area contributed by atoms with Crippen LogP contribution in [0.25, 0.3) is 0 Å². The largest absolute Gasteiger partial charge is 0.466 e. The van der Waals surface area contributed by atoms with Gasteiger partial charge in [0.25, 0.3) is 0 Å². The number of nitrogens with zero attached hydrogens (tertiary/aromatic N) is 1. The van der Waals surface area contributed by atoms with Crippen LogP contribution in [0.2, 0.25) is 0 Å². The van der Waals surface area contributed by atoms with Crippen molar-refractivity contribution in [2.45, 2.75) is 26.3 Å². The Balaban J connectivity index is 2.87. The van der Waals surface area contributed by atoms with Gasteiger partial charge < -0.3 is 9.64 Å². The van der Waals surface area contributed by atoms with Crippen LogP contribution in [-0.4, -0.2) is 31.6 Å². The number of carbonyl (C=O) groups is 1. The first kappa shape index (κ1) is 13.7. The van der Waals surface area contributed by atoms with Crippen molar-refractivity contribution in [1.29, 1.82) is 0 Å². The Morgan fingerprint density at radius 1 is 1.35 bits per heavy atom. The average Bonchev–Trinajstić information content (AvgIpc) is 2.27. The van der Waals surface area contributed by atoms with Crippen molar-refractivity contribution in [1.82, 2.24) is 4.90 Å². The van der Waals surface area contributed by atoms with Gasteiger partial charge in [0, 0.05) is 6.04 Å². The molecule has 0 saturated heterocycles. The van der Waals surface area contributed by atoms with Gasteiger partial charge in [-0.25, -0.2) is 0 Å². The molecular weight excluding hydrogens is 214 g/mol. The first-order valence-electron chi connectivity index (χ1n) is 5.93. The molecule has 0 aliphatic heterocycles. The summed E-state index contributed by atoms with van der Waals surface area (Å²) in [5, 5.41) is 0. The van der Waals surface area contributed by atoms with Gasteiger partial charge in [-0.3, -0.25) is 4.79 Å². The molecule has 1 unspecified atom stereocenters. The number of rotatable bonds is 5. The second-order valence-corrected chi connectivity index (χ2v) is 4.35. The third-order valence-corrected chi connectivity index (χ3v) is 2.84. The molecule has 1 rings (SSSR count). The monoisotopic (exact) mass is 235 g/mol. The van der Waals surface area contributed by atoms with Crippen molar-refractivity contribution >= 4 is 5.97 Å². The van der Waals surface area contributed by atoms with Crippen molar-refractivity contribution < 1.29 is 9.53 Å². The van der Waals surface area contributed by atoms with Gasteiger partial charge >= 0.3 is 5.97 Å². The summed E-state index contributed by atoms with van der Waals surface area (Å²) < 4.78 is 5.02. The van der Waals surface area contributed by atoms with Crippen LogP contribution >= 0.6 is 0 Å². The molecule has 1 atom stereocenters. The zero-order valence-electron chi connectivity index (χ0n) is 11.1. The van der Waals surface area contributed by atoms with Gasteiger partial charge in [-0.15, -0.1) is 0 Å². The first-order chi connectivity index (χ1) is 8.06. The molecule has 0 aromatic heterocycles. The Kier molecular flexibility index (Phi) is 5.16. The van der Waals surface area contributed by atoms with Crippen molar-refractivity contribution in [3.63, 3.8) is 0 Å². The van der Waals surface area contributed by atoms with Crippen molar-refractivity contribution in [2.24, 2.45) is 0 Å². The molecule has 3 nitrogen and oxygen atoms in total. The van der Waals surface area contributed by atoms with Gasteiger partial charge in [0.15, 0.2) is 0 Å². The molecular formula is C14H21NO2. The number of esters is 1. The summed E-state index contributed by atoms with van der Waals surface area (Å²) in [5.41, 5.74) is 2.39. The van der Waals surface area contributed by atoms with E-state index in [0.29, 0.717) is 13.0 Å². The minimum atomic E-state index is -0.144. The lowest BCUT2D eigenvalue weighted by Crippen LogP contribution is -2.24. The van der Waals surface area contributed by atoms with Gasteiger partial charge in [0.05, 0.1) is 13.0 Å². The molecule has 0 aliphatic carbocycles. The molecule has 0 aliphatic rings. The Hall–Kier alpha value is -1.35. The normalized spacial score (nSPS) is 12.5. The van der Waals surface area contributed by atoms with E-state index in [1.54, 1.807) is 0 Å². The predicted molar refractivity (Wildman–Crippen MR) is 68.9 cm³/mol. The summed E-state index contributed by atoms with van der Waals surface area (Å²) in [4.78, 5) is 13.6. The lowest BCUT2D eigenvalue weighted by Gasteiger charge is -2.25. The van der Waals surface area contributed by atoms with Crippen LogP contribution in [0.15, 0.2) is 24.3 Å². The van der Waals surface area contributed by atoms with E-state index in [0.717, 1.165) is 0 Å². The minimum Gasteiger partial charge on any atom is -0.466 e. The Morgan fingerprint density at radius 2 is 2.00 bits per heavy atom. The van der Waals surface area contributed by atoms with Gasteiger partial charge in [-0.05, 0) is 39.1 Å². The molecule has 0 fully saturated rings. The molecule has 0 heterocycles. The number of aryl methyl sites for hydroxylation is 1. The molecule has 3 heteroatoms. The van der Waals surface area contributed by atoms with Crippen molar-refractivity contribution in [3.05, 3.63) is 35.4 Å². The maximum Gasteiger partial charge on any atom is 0.307 e. The molecule has 17 heavy (non-hydrogen) atoms. The van der Waals surface area contributed by atoms with E-state index in [2.05, 4.69) is 24.0 Å². The standard InChI is InChI=1S/C14H21NO2/c1-5-17-14(16)10-13(15(3)4)12-9-7-6-8-11(12)2/h6-9,13H,5,10H2,1-4H3. The summed E-state index contributed by atoms with van der Waals surface area (Å²) in [5.74, 6) is -0.144. The Morgan fingerprint density at radius 3 is 2.53 bits per heavy atom. The topological polar surface area (TPSA) is 29.5 Å². The molecule has 0 saturated carbocycles. The highest BCUT2D eigenvalue weighted by molar-refractivity contribution is 5.70. The third-order valence-electron chi connectivity index (χ3n) is 2.84. The molecule has 0 spiro atoms. The molecule has 0 N–H and O–H groups in total. The van der Waals surface area contributed by atoms with Gasteiger partial charge in [-0.1, -0.05) is 24.3 Å². The average molecular weight is 235 g/mol. The zero-order valence-corrected chi connectivity index (χ0v) is 11.1. The fraction of sp³-hybridized carbons (Fsp3) is 0.500. The molecule has 0 bridgehead atoms. The molecule has 0 amide bonds. The second-order valence-electron chi connectivity index (χ2n) is 4.35. The summed E-state index contributed by atoms with van der Waals surface area (Å²) in [7, 11) is 3.96. The SMILES string of the molecule is CCOC(=O)CC(c1ccccc1C)N(C)C. The summed E-state index contributed by atoms with van der Waals surface area (Å²) >= 11 is 0. The van der Waals surface area contributed by atoms with E-state index in [1.807, 2.05) is 33.2 Å². The van der Waals surface area contributed by atoms with Gasteiger partial charge in [-0.2, -0.15) is 0 Å². The van der Waals surface area contributed by atoms with Crippen molar-refractivity contribution in [3.8, 4) is 0 Å². The Labute approximate surface area is 103 Å². The van der Waals surface area contributed by atoms with Crippen LogP contribution in [0.3, 0.4) is 0 Å². The fourth-order valence-corrected chi connectivity index (χ4v) is 1.91.